The lowest BCUT2D eigenvalue weighted by Gasteiger charge is -2.02. The molecule has 0 atom stereocenters. The first-order chi connectivity index (χ1) is 6.13. The highest BCUT2D eigenvalue weighted by Gasteiger charge is 2.06. The van der Waals surface area contributed by atoms with Crippen LogP contribution < -0.4 is 5.32 Å². The Bertz CT molecular complexity index is 308. The number of hydrogen-bond donors (Lipinski definition) is 1. The molecule has 13 heavy (non-hydrogen) atoms. The molecule has 0 bridgehead atoms. The Labute approximate surface area is 93.2 Å². The summed E-state index contributed by atoms with van der Waals surface area (Å²) in [5.41, 5.74) is 0.593. The smallest absolute Gasteiger partial charge is 0.251 e. The van der Waals surface area contributed by atoms with Crippen molar-refractivity contribution in [2.45, 2.75) is 6.92 Å². The van der Waals surface area contributed by atoms with E-state index in [0.717, 1.165) is 0 Å². The summed E-state index contributed by atoms with van der Waals surface area (Å²) in [6, 6.07) is 3.35. The molecular weight excluding hydrogens is 300 g/mol. The predicted molar refractivity (Wildman–Crippen MR) is 57.6 cm³/mol. The van der Waals surface area contributed by atoms with Crippen LogP contribution in [0.25, 0.3) is 0 Å². The Morgan fingerprint density at radius 3 is 2.46 bits per heavy atom. The van der Waals surface area contributed by atoms with Gasteiger partial charge in [0.2, 0.25) is 0 Å². The number of carbonyl (C=O) groups excluding carboxylic acids is 1. The van der Waals surface area contributed by atoms with Crippen LogP contribution in [0.4, 0.5) is 0 Å². The van der Waals surface area contributed by atoms with Crippen LogP contribution in [0, 0.1) is 0 Å². The summed E-state index contributed by atoms with van der Waals surface area (Å²) in [7, 11) is 0. The Balaban J connectivity index is 2.94. The molecule has 0 aliphatic heterocycles. The standard InChI is InChI=1S/C8H8Br2N2O/c1-2-11-8(13)5-3-6(9)12-7(10)4-5/h3-4H,2H2,1H3,(H,11,13). The zero-order valence-electron chi connectivity index (χ0n) is 6.97. The lowest BCUT2D eigenvalue weighted by molar-refractivity contribution is 0.0955. The number of nitrogens with one attached hydrogen (secondary N) is 1. The van der Waals surface area contributed by atoms with Crippen LogP contribution in [-0.4, -0.2) is 17.4 Å². The molecule has 0 saturated heterocycles. The van der Waals surface area contributed by atoms with Gasteiger partial charge in [-0.25, -0.2) is 4.98 Å². The number of pyridine rings is 1. The van der Waals surface area contributed by atoms with Gasteiger partial charge in [-0.3, -0.25) is 4.79 Å². The average Bonchev–Trinajstić information content (AvgIpc) is 2.03. The third-order valence-electron chi connectivity index (χ3n) is 1.36. The second kappa shape index (κ2) is 4.72. The van der Waals surface area contributed by atoms with Crippen molar-refractivity contribution in [3.63, 3.8) is 0 Å². The molecule has 0 fully saturated rings. The molecule has 1 amide bonds. The molecule has 1 heterocycles. The van der Waals surface area contributed by atoms with Crippen molar-refractivity contribution in [2.75, 3.05) is 6.54 Å². The zero-order chi connectivity index (χ0) is 9.84. The molecule has 1 N–H and O–H groups in total. The van der Waals surface area contributed by atoms with Gasteiger partial charge in [-0.05, 0) is 50.9 Å². The molecule has 70 valence electrons. The van der Waals surface area contributed by atoms with E-state index < -0.39 is 0 Å². The molecule has 5 heteroatoms. The molecule has 0 unspecified atom stereocenters. The number of rotatable bonds is 2. The highest BCUT2D eigenvalue weighted by molar-refractivity contribution is 9.11. The third-order valence-corrected chi connectivity index (χ3v) is 2.17. The van der Waals surface area contributed by atoms with Gasteiger partial charge in [-0.15, -0.1) is 0 Å². The first-order valence-corrected chi connectivity index (χ1v) is 5.33. The van der Waals surface area contributed by atoms with E-state index >= 15 is 0 Å². The van der Waals surface area contributed by atoms with Crippen LogP contribution in [0.1, 0.15) is 17.3 Å². The highest BCUT2D eigenvalue weighted by atomic mass is 79.9. The van der Waals surface area contributed by atoms with Gasteiger partial charge in [0.25, 0.3) is 5.91 Å². The van der Waals surface area contributed by atoms with Crippen molar-refractivity contribution in [1.82, 2.24) is 10.3 Å². The molecule has 0 spiro atoms. The molecule has 1 aromatic rings. The van der Waals surface area contributed by atoms with Crippen LogP contribution in [0.15, 0.2) is 21.3 Å². The van der Waals surface area contributed by atoms with E-state index in [2.05, 4.69) is 42.2 Å². The van der Waals surface area contributed by atoms with E-state index in [1.807, 2.05) is 6.92 Å². The van der Waals surface area contributed by atoms with Crippen LogP contribution in [0.3, 0.4) is 0 Å². The van der Waals surface area contributed by atoms with Gasteiger partial charge in [-0.1, -0.05) is 0 Å². The van der Waals surface area contributed by atoms with E-state index in [1.54, 1.807) is 12.1 Å². The Morgan fingerprint density at radius 2 is 2.00 bits per heavy atom. The van der Waals surface area contributed by atoms with Gasteiger partial charge in [0.1, 0.15) is 9.21 Å². The lowest BCUT2D eigenvalue weighted by Crippen LogP contribution is -2.22. The zero-order valence-corrected chi connectivity index (χ0v) is 10.1. The fourth-order valence-corrected chi connectivity index (χ4v) is 1.97. The summed E-state index contributed by atoms with van der Waals surface area (Å²) >= 11 is 6.42. The Kier molecular flexibility index (Phi) is 3.87. The van der Waals surface area contributed by atoms with Crippen molar-refractivity contribution >= 4 is 37.8 Å². The number of amides is 1. The van der Waals surface area contributed by atoms with Crippen molar-refractivity contribution in [3.8, 4) is 0 Å². The van der Waals surface area contributed by atoms with Crippen molar-refractivity contribution < 1.29 is 4.79 Å². The Morgan fingerprint density at radius 1 is 1.46 bits per heavy atom. The second-order valence-corrected chi connectivity index (χ2v) is 3.99. The lowest BCUT2D eigenvalue weighted by atomic mass is 10.2. The van der Waals surface area contributed by atoms with E-state index in [9.17, 15) is 4.79 Å². The molecular formula is C8H8Br2N2O. The minimum absolute atomic E-state index is 0.0914. The number of aromatic nitrogens is 1. The SMILES string of the molecule is CCNC(=O)c1cc(Br)nc(Br)c1. The monoisotopic (exact) mass is 306 g/mol. The van der Waals surface area contributed by atoms with Gasteiger partial charge in [0.05, 0.1) is 0 Å². The molecule has 1 rings (SSSR count). The van der Waals surface area contributed by atoms with Crippen LogP contribution in [0.5, 0.6) is 0 Å². The first kappa shape index (κ1) is 10.7. The summed E-state index contributed by atoms with van der Waals surface area (Å²) in [5.74, 6) is -0.0914. The maximum Gasteiger partial charge on any atom is 0.251 e. The number of nitrogens with zero attached hydrogens (tertiary/aromatic N) is 1. The summed E-state index contributed by atoms with van der Waals surface area (Å²) < 4.78 is 1.28. The quantitative estimate of drug-likeness (QED) is 0.852. The summed E-state index contributed by atoms with van der Waals surface area (Å²) in [5, 5.41) is 2.71. The van der Waals surface area contributed by atoms with E-state index in [1.165, 1.54) is 0 Å². The molecule has 0 aliphatic rings. The maximum atomic E-state index is 11.4. The predicted octanol–water partition coefficient (Wildman–Crippen LogP) is 2.36. The summed E-state index contributed by atoms with van der Waals surface area (Å²) in [4.78, 5) is 15.4. The van der Waals surface area contributed by atoms with E-state index in [-0.39, 0.29) is 5.91 Å². The fraction of sp³-hybridized carbons (Fsp3) is 0.250. The van der Waals surface area contributed by atoms with Gasteiger partial charge < -0.3 is 5.32 Å². The van der Waals surface area contributed by atoms with Crippen LogP contribution in [-0.2, 0) is 0 Å². The molecule has 0 aromatic carbocycles. The van der Waals surface area contributed by atoms with Gasteiger partial charge in [-0.2, -0.15) is 0 Å². The van der Waals surface area contributed by atoms with Gasteiger partial charge in [0.15, 0.2) is 0 Å². The molecule has 0 saturated carbocycles. The summed E-state index contributed by atoms with van der Waals surface area (Å²) in [6.45, 7) is 2.50. The largest absolute Gasteiger partial charge is 0.352 e. The van der Waals surface area contributed by atoms with Crippen LogP contribution in [0.2, 0.25) is 0 Å². The molecule has 0 aliphatic carbocycles. The molecule has 1 aromatic heterocycles. The second-order valence-electron chi connectivity index (χ2n) is 2.36. The molecule has 0 radical (unpaired) electrons. The molecule has 3 nitrogen and oxygen atoms in total. The third kappa shape index (κ3) is 3.08. The van der Waals surface area contributed by atoms with Crippen molar-refractivity contribution in [1.29, 1.82) is 0 Å². The van der Waals surface area contributed by atoms with Gasteiger partial charge in [0, 0.05) is 12.1 Å². The van der Waals surface area contributed by atoms with Crippen LogP contribution >= 0.6 is 31.9 Å². The summed E-state index contributed by atoms with van der Waals surface area (Å²) in [6.07, 6.45) is 0. The maximum absolute atomic E-state index is 11.4. The average molecular weight is 308 g/mol. The van der Waals surface area contributed by atoms with Crippen molar-refractivity contribution in [3.05, 3.63) is 26.9 Å². The topological polar surface area (TPSA) is 42.0 Å². The Hall–Kier alpha value is -0.420. The normalized spacial score (nSPS) is 9.77. The number of halogens is 2. The van der Waals surface area contributed by atoms with Crippen molar-refractivity contribution in [2.24, 2.45) is 0 Å². The fourth-order valence-electron chi connectivity index (χ4n) is 0.859. The van der Waals surface area contributed by atoms with Gasteiger partial charge >= 0.3 is 0 Å². The van der Waals surface area contributed by atoms with E-state index in [4.69, 9.17) is 0 Å². The minimum Gasteiger partial charge on any atom is -0.352 e. The first-order valence-electron chi connectivity index (χ1n) is 3.74. The number of hydrogen-bond acceptors (Lipinski definition) is 2. The number of carbonyl (C=O) groups is 1. The minimum atomic E-state index is -0.0914. The van der Waals surface area contributed by atoms with E-state index in [0.29, 0.717) is 21.3 Å². The highest BCUT2D eigenvalue weighted by Crippen LogP contribution is 2.15.